The molecular weight excluding hydrogens is 258 g/mol. The molecule has 1 N–H and O–H groups in total. The van der Waals surface area contributed by atoms with E-state index in [0.717, 1.165) is 22.0 Å². The molecule has 4 heteroatoms. The van der Waals surface area contributed by atoms with Crippen LogP contribution in [0.1, 0.15) is 0 Å². The van der Waals surface area contributed by atoms with Crippen molar-refractivity contribution in [2.75, 3.05) is 6.26 Å². The van der Waals surface area contributed by atoms with Gasteiger partial charge in [-0.1, -0.05) is 18.2 Å². The zero-order valence-electron chi connectivity index (χ0n) is 10.3. The van der Waals surface area contributed by atoms with Gasteiger partial charge in [-0.15, -0.1) is 0 Å². The van der Waals surface area contributed by atoms with Gasteiger partial charge in [0.05, 0.1) is 4.90 Å². The number of hydrogen-bond donors (Lipinski definition) is 1. The van der Waals surface area contributed by atoms with E-state index >= 15 is 0 Å². The Balaban J connectivity index is 2.15. The lowest BCUT2D eigenvalue weighted by Gasteiger charge is -2.04. The average molecular weight is 270 g/mol. The molecule has 0 spiro atoms. The van der Waals surface area contributed by atoms with Gasteiger partial charge in [0, 0.05) is 18.0 Å². The first-order valence-electron chi connectivity index (χ1n) is 5.83. The van der Waals surface area contributed by atoms with Crippen molar-refractivity contribution in [3.05, 3.63) is 54.7 Å². The van der Waals surface area contributed by atoms with Crippen molar-refractivity contribution in [1.29, 1.82) is 0 Å². The number of H-pyrrole nitrogens is 1. The topological polar surface area (TPSA) is 49.9 Å². The van der Waals surface area contributed by atoms with Gasteiger partial charge < -0.3 is 4.98 Å². The van der Waals surface area contributed by atoms with Gasteiger partial charge in [0.25, 0.3) is 0 Å². The highest BCUT2D eigenvalue weighted by Gasteiger charge is 2.08. The van der Waals surface area contributed by atoms with Crippen LogP contribution in [-0.4, -0.2) is 19.7 Å². The minimum absolute atomic E-state index is 0.313. The highest BCUT2D eigenvalue weighted by molar-refractivity contribution is 7.90. The molecule has 0 aliphatic rings. The average Bonchev–Trinajstić information content (AvgIpc) is 2.85. The van der Waals surface area contributed by atoms with E-state index in [1.807, 2.05) is 30.5 Å². The molecule has 0 aliphatic heterocycles. The van der Waals surface area contributed by atoms with Crippen LogP contribution in [0.3, 0.4) is 0 Å². The summed E-state index contributed by atoms with van der Waals surface area (Å²) in [5.74, 6) is 0. The van der Waals surface area contributed by atoms with Crippen LogP contribution in [-0.2, 0) is 9.84 Å². The third-order valence-electron chi connectivity index (χ3n) is 3.07. The smallest absolute Gasteiger partial charge is 0.175 e. The fraction of sp³-hybridized carbons (Fsp3) is 0.0667. The maximum Gasteiger partial charge on any atom is 0.175 e. The first kappa shape index (κ1) is 12.0. The van der Waals surface area contributed by atoms with Crippen molar-refractivity contribution in [2.45, 2.75) is 4.90 Å². The molecule has 2 aromatic carbocycles. The normalized spacial score (nSPS) is 11.8. The number of sulfone groups is 1. The minimum atomic E-state index is -3.19. The SMILES string of the molecule is CS(=O)(=O)c1cc[c]c(-c2ccc3cc[nH]c3c2)c1. The Morgan fingerprint density at radius 3 is 2.74 bits per heavy atom. The molecule has 0 fully saturated rings. The summed E-state index contributed by atoms with van der Waals surface area (Å²) in [6, 6.07) is 15.9. The van der Waals surface area contributed by atoms with Gasteiger partial charge in [0.2, 0.25) is 0 Å². The molecular formula is C15H12NO2S. The Labute approximate surface area is 111 Å². The molecule has 1 radical (unpaired) electrons. The zero-order chi connectivity index (χ0) is 13.5. The lowest BCUT2D eigenvalue weighted by Crippen LogP contribution is -1.96. The van der Waals surface area contributed by atoms with Crippen LogP contribution < -0.4 is 0 Å². The number of benzene rings is 2. The van der Waals surface area contributed by atoms with E-state index in [4.69, 9.17) is 0 Å². The van der Waals surface area contributed by atoms with Crippen molar-refractivity contribution >= 4 is 20.7 Å². The highest BCUT2D eigenvalue weighted by Crippen LogP contribution is 2.25. The maximum absolute atomic E-state index is 11.6. The molecule has 1 heterocycles. The number of aromatic nitrogens is 1. The second kappa shape index (κ2) is 4.24. The van der Waals surface area contributed by atoms with Gasteiger partial charge in [-0.3, -0.25) is 0 Å². The Morgan fingerprint density at radius 1 is 1.11 bits per heavy atom. The van der Waals surface area contributed by atoms with Crippen LogP contribution in [0.15, 0.2) is 53.6 Å². The van der Waals surface area contributed by atoms with Gasteiger partial charge in [-0.2, -0.15) is 0 Å². The van der Waals surface area contributed by atoms with E-state index in [0.29, 0.717) is 4.90 Å². The van der Waals surface area contributed by atoms with Crippen molar-refractivity contribution in [2.24, 2.45) is 0 Å². The van der Waals surface area contributed by atoms with E-state index in [1.165, 1.54) is 6.26 Å². The first-order valence-corrected chi connectivity index (χ1v) is 7.72. The largest absolute Gasteiger partial charge is 0.361 e. The monoisotopic (exact) mass is 270 g/mol. The lowest BCUT2D eigenvalue weighted by molar-refractivity contribution is 0.602. The zero-order valence-corrected chi connectivity index (χ0v) is 11.2. The predicted octanol–water partition coefficient (Wildman–Crippen LogP) is 3.04. The van der Waals surface area contributed by atoms with Crippen LogP contribution in [0.2, 0.25) is 0 Å². The molecule has 0 bridgehead atoms. The van der Waals surface area contributed by atoms with Crippen molar-refractivity contribution in [1.82, 2.24) is 4.98 Å². The second-order valence-corrected chi connectivity index (χ2v) is 6.51. The van der Waals surface area contributed by atoms with Gasteiger partial charge in [0.1, 0.15) is 0 Å². The first-order chi connectivity index (χ1) is 9.04. The fourth-order valence-corrected chi connectivity index (χ4v) is 2.71. The highest BCUT2D eigenvalue weighted by atomic mass is 32.2. The molecule has 19 heavy (non-hydrogen) atoms. The molecule has 1 aromatic heterocycles. The molecule has 0 saturated carbocycles. The summed E-state index contributed by atoms with van der Waals surface area (Å²) in [5.41, 5.74) is 2.75. The molecule has 0 atom stereocenters. The number of fused-ring (bicyclic) bond motifs is 1. The van der Waals surface area contributed by atoms with Crippen molar-refractivity contribution < 1.29 is 8.42 Å². The Morgan fingerprint density at radius 2 is 1.95 bits per heavy atom. The summed E-state index contributed by atoms with van der Waals surface area (Å²) in [6.07, 6.45) is 3.09. The number of rotatable bonds is 2. The molecule has 95 valence electrons. The Hall–Kier alpha value is -2.07. The standard InChI is InChI=1S/C15H12NO2S/c1-19(17,18)14-4-2-3-12(9-14)13-6-5-11-7-8-16-15(11)10-13/h2,4-10,16H,1H3. The Bertz CT molecular complexity index is 847. The summed E-state index contributed by atoms with van der Waals surface area (Å²) >= 11 is 0. The summed E-state index contributed by atoms with van der Waals surface area (Å²) in [4.78, 5) is 3.46. The third-order valence-corrected chi connectivity index (χ3v) is 4.18. The molecule has 0 aliphatic carbocycles. The van der Waals surface area contributed by atoms with Gasteiger partial charge in [0.15, 0.2) is 9.84 Å². The van der Waals surface area contributed by atoms with Crippen LogP contribution in [0.4, 0.5) is 0 Å². The van der Waals surface area contributed by atoms with Crippen molar-refractivity contribution in [3.8, 4) is 11.1 Å². The van der Waals surface area contributed by atoms with Crippen LogP contribution in [0.5, 0.6) is 0 Å². The summed E-state index contributed by atoms with van der Waals surface area (Å²) in [7, 11) is -3.19. The summed E-state index contributed by atoms with van der Waals surface area (Å²) < 4.78 is 23.1. The van der Waals surface area contributed by atoms with Crippen LogP contribution in [0.25, 0.3) is 22.0 Å². The lowest BCUT2D eigenvalue weighted by atomic mass is 10.0. The summed E-state index contributed by atoms with van der Waals surface area (Å²) in [5, 5.41) is 1.13. The van der Waals surface area contributed by atoms with Gasteiger partial charge >= 0.3 is 0 Å². The molecule has 3 nitrogen and oxygen atoms in total. The number of aromatic amines is 1. The molecule has 0 unspecified atom stereocenters. The van der Waals surface area contributed by atoms with E-state index in [-0.39, 0.29) is 0 Å². The number of hydrogen-bond acceptors (Lipinski definition) is 2. The Kier molecular flexibility index (Phi) is 2.68. The maximum atomic E-state index is 11.6. The quantitative estimate of drug-likeness (QED) is 0.778. The van der Waals surface area contributed by atoms with Crippen LogP contribution in [0, 0.1) is 6.07 Å². The summed E-state index contributed by atoms with van der Waals surface area (Å²) in [6.45, 7) is 0. The van der Waals surface area contributed by atoms with E-state index in [2.05, 4.69) is 11.1 Å². The second-order valence-electron chi connectivity index (χ2n) is 4.49. The molecule has 0 saturated heterocycles. The molecule has 0 amide bonds. The molecule has 3 aromatic rings. The predicted molar refractivity (Wildman–Crippen MR) is 75.7 cm³/mol. The van der Waals surface area contributed by atoms with Crippen LogP contribution >= 0.6 is 0 Å². The molecule has 3 rings (SSSR count). The minimum Gasteiger partial charge on any atom is -0.361 e. The van der Waals surface area contributed by atoms with Crippen molar-refractivity contribution in [3.63, 3.8) is 0 Å². The van der Waals surface area contributed by atoms with E-state index in [9.17, 15) is 8.42 Å². The third kappa shape index (κ3) is 2.27. The van der Waals surface area contributed by atoms with E-state index < -0.39 is 9.84 Å². The van der Waals surface area contributed by atoms with Gasteiger partial charge in [-0.25, -0.2) is 8.42 Å². The van der Waals surface area contributed by atoms with E-state index in [1.54, 1.807) is 18.2 Å². The number of nitrogens with one attached hydrogen (secondary N) is 1. The van der Waals surface area contributed by atoms with Gasteiger partial charge in [-0.05, 0) is 46.8 Å². The fourth-order valence-electron chi connectivity index (χ4n) is 2.06.